The van der Waals surface area contributed by atoms with Crippen LogP contribution in [0.4, 0.5) is 5.82 Å². The van der Waals surface area contributed by atoms with E-state index in [0.29, 0.717) is 6.54 Å². The first-order chi connectivity index (χ1) is 9.58. The molecule has 2 heterocycles. The standard InChI is InChI=1S/C15H24N4O.2ClH/c1-11(12(2)16)15(20)18-10-13-5-6-14(17-9-13)19-7-3-4-8-19;;/h5-6,9,11-12H,3-4,7-8,10,16H2,1-2H3,(H,18,20);2*1H. The predicted molar refractivity (Wildman–Crippen MR) is 94.8 cm³/mol. The number of amides is 1. The predicted octanol–water partition coefficient (Wildman–Crippen LogP) is 2.12. The van der Waals surface area contributed by atoms with Crippen molar-refractivity contribution in [1.82, 2.24) is 10.3 Å². The van der Waals surface area contributed by atoms with E-state index in [1.807, 2.05) is 32.2 Å². The third kappa shape index (κ3) is 5.63. The smallest absolute Gasteiger partial charge is 0.224 e. The molecule has 22 heavy (non-hydrogen) atoms. The molecule has 5 nitrogen and oxygen atoms in total. The first kappa shape index (κ1) is 21.0. The van der Waals surface area contributed by atoms with Gasteiger partial charge in [-0.25, -0.2) is 4.98 Å². The monoisotopic (exact) mass is 348 g/mol. The fourth-order valence-electron chi connectivity index (χ4n) is 2.24. The molecule has 7 heteroatoms. The van der Waals surface area contributed by atoms with Crippen LogP contribution in [-0.2, 0) is 11.3 Å². The molecule has 1 saturated heterocycles. The average molecular weight is 349 g/mol. The van der Waals surface area contributed by atoms with E-state index in [4.69, 9.17) is 5.73 Å². The van der Waals surface area contributed by atoms with E-state index in [9.17, 15) is 4.79 Å². The highest BCUT2D eigenvalue weighted by molar-refractivity contribution is 5.85. The number of hydrogen-bond acceptors (Lipinski definition) is 4. The zero-order valence-electron chi connectivity index (χ0n) is 13.1. The first-order valence-corrected chi connectivity index (χ1v) is 7.31. The number of nitrogens with two attached hydrogens (primary N) is 1. The van der Waals surface area contributed by atoms with Gasteiger partial charge in [-0.05, 0) is 31.4 Å². The highest BCUT2D eigenvalue weighted by Gasteiger charge is 2.16. The van der Waals surface area contributed by atoms with Crippen LogP contribution in [0.25, 0.3) is 0 Å². The molecule has 2 unspecified atom stereocenters. The van der Waals surface area contributed by atoms with Gasteiger partial charge < -0.3 is 16.0 Å². The van der Waals surface area contributed by atoms with Crippen LogP contribution < -0.4 is 16.0 Å². The van der Waals surface area contributed by atoms with Gasteiger partial charge in [0.15, 0.2) is 0 Å². The van der Waals surface area contributed by atoms with Crippen molar-refractivity contribution in [2.75, 3.05) is 18.0 Å². The summed E-state index contributed by atoms with van der Waals surface area (Å²) < 4.78 is 0. The lowest BCUT2D eigenvalue weighted by molar-refractivity contribution is -0.125. The first-order valence-electron chi connectivity index (χ1n) is 7.31. The number of halogens is 2. The average Bonchev–Trinajstić information content (AvgIpc) is 2.98. The fourth-order valence-corrected chi connectivity index (χ4v) is 2.24. The lowest BCUT2D eigenvalue weighted by atomic mass is 10.0. The zero-order valence-corrected chi connectivity index (χ0v) is 14.8. The van der Waals surface area contributed by atoms with Crippen molar-refractivity contribution in [3.05, 3.63) is 23.9 Å². The molecule has 0 spiro atoms. The minimum atomic E-state index is -0.174. The SMILES string of the molecule is CC(N)C(C)C(=O)NCc1ccc(N2CCCC2)nc1.Cl.Cl. The van der Waals surface area contributed by atoms with Gasteiger partial charge in [0.05, 0.1) is 0 Å². The van der Waals surface area contributed by atoms with Crippen molar-refractivity contribution in [3.8, 4) is 0 Å². The van der Waals surface area contributed by atoms with Gasteiger partial charge in [0.1, 0.15) is 5.82 Å². The Morgan fingerprint density at radius 1 is 1.32 bits per heavy atom. The summed E-state index contributed by atoms with van der Waals surface area (Å²) in [6.07, 6.45) is 4.33. The molecule has 1 aromatic rings. The van der Waals surface area contributed by atoms with Crippen molar-refractivity contribution in [3.63, 3.8) is 0 Å². The molecule has 2 atom stereocenters. The minimum absolute atomic E-state index is 0. The van der Waals surface area contributed by atoms with Crippen LogP contribution in [-0.4, -0.2) is 30.0 Å². The van der Waals surface area contributed by atoms with Gasteiger partial charge >= 0.3 is 0 Å². The molecule has 2 rings (SSSR count). The lowest BCUT2D eigenvalue weighted by Gasteiger charge is -2.17. The van der Waals surface area contributed by atoms with E-state index < -0.39 is 0 Å². The molecule has 1 amide bonds. The molecule has 3 N–H and O–H groups in total. The number of anilines is 1. The van der Waals surface area contributed by atoms with E-state index in [1.165, 1.54) is 12.8 Å². The zero-order chi connectivity index (χ0) is 14.5. The Balaban J connectivity index is 0.00000220. The third-order valence-corrected chi connectivity index (χ3v) is 3.91. The van der Waals surface area contributed by atoms with Crippen LogP contribution in [0.1, 0.15) is 32.3 Å². The molecular formula is C15H26Cl2N4O. The summed E-state index contributed by atoms with van der Waals surface area (Å²) in [7, 11) is 0. The number of aromatic nitrogens is 1. The summed E-state index contributed by atoms with van der Waals surface area (Å²) in [5.74, 6) is 0.844. The van der Waals surface area contributed by atoms with Gasteiger partial charge in [0.2, 0.25) is 5.91 Å². The molecular weight excluding hydrogens is 323 g/mol. The maximum Gasteiger partial charge on any atom is 0.224 e. The molecule has 1 aliphatic heterocycles. The maximum atomic E-state index is 11.8. The van der Waals surface area contributed by atoms with Gasteiger partial charge in [-0.15, -0.1) is 24.8 Å². The Hall–Kier alpha value is -1.04. The van der Waals surface area contributed by atoms with Gasteiger partial charge in [0, 0.05) is 37.8 Å². The van der Waals surface area contributed by atoms with Crippen molar-refractivity contribution in [1.29, 1.82) is 0 Å². The normalized spacial score (nSPS) is 16.2. The number of hydrogen-bond donors (Lipinski definition) is 2. The van der Waals surface area contributed by atoms with Crippen LogP contribution in [0.5, 0.6) is 0 Å². The van der Waals surface area contributed by atoms with Crippen LogP contribution in [0, 0.1) is 5.92 Å². The fraction of sp³-hybridized carbons (Fsp3) is 0.600. The number of rotatable bonds is 5. The second kappa shape index (κ2) is 9.87. The highest BCUT2D eigenvalue weighted by Crippen LogP contribution is 2.17. The van der Waals surface area contributed by atoms with Crippen molar-refractivity contribution >= 4 is 36.5 Å². The van der Waals surface area contributed by atoms with Crippen LogP contribution >= 0.6 is 24.8 Å². The van der Waals surface area contributed by atoms with Gasteiger partial charge in [-0.3, -0.25) is 4.79 Å². The number of nitrogens with one attached hydrogen (secondary N) is 1. The van der Waals surface area contributed by atoms with Crippen LogP contribution in [0.2, 0.25) is 0 Å². The van der Waals surface area contributed by atoms with E-state index in [0.717, 1.165) is 24.5 Å². The molecule has 1 fully saturated rings. The van der Waals surface area contributed by atoms with E-state index in [1.54, 1.807) is 0 Å². The Morgan fingerprint density at radius 3 is 2.45 bits per heavy atom. The number of carbonyl (C=O) groups excluding carboxylic acids is 1. The molecule has 0 radical (unpaired) electrons. The molecule has 1 aliphatic rings. The Kier molecular flexibility index (Phi) is 9.41. The molecule has 0 bridgehead atoms. The summed E-state index contributed by atoms with van der Waals surface area (Å²) in [5, 5.41) is 2.90. The summed E-state index contributed by atoms with van der Waals surface area (Å²) >= 11 is 0. The van der Waals surface area contributed by atoms with Gasteiger partial charge in [0.25, 0.3) is 0 Å². The highest BCUT2D eigenvalue weighted by atomic mass is 35.5. The second-order valence-electron chi connectivity index (χ2n) is 5.58. The topological polar surface area (TPSA) is 71.2 Å². The number of carbonyl (C=O) groups is 1. The van der Waals surface area contributed by atoms with Crippen LogP contribution in [0.3, 0.4) is 0 Å². The summed E-state index contributed by atoms with van der Waals surface area (Å²) in [5.41, 5.74) is 6.73. The van der Waals surface area contributed by atoms with Crippen molar-refractivity contribution in [2.24, 2.45) is 11.7 Å². The summed E-state index contributed by atoms with van der Waals surface area (Å²) in [6, 6.07) is 3.92. The second-order valence-corrected chi connectivity index (χ2v) is 5.58. The number of pyridine rings is 1. The molecule has 126 valence electrons. The van der Waals surface area contributed by atoms with Crippen LogP contribution in [0.15, 0.2) is 18.3 Å². The van der Waals surface area contributed by atoms with E-state index in [2.05, 4.69) is 15.2 Å². The third-order valence-electron chi connectivity index (χ3n) is 3.91. The quantitative estimate of drug-likeness (QED) is 0.854. The summed E-state index contributed by atoms with van der Waals surface area (Å²) in [4.78, 5) is 18.6. The lowest BCUT2D eigenvalue weighted by Crippen LogP contribution is -2.38. The van der Waals surface area contributed by atoms with Crippen molar-refractivity contribution < 1.29 is 4.79 Å². The van der Waals surface area contributed by atoms with Gasteiger partial charge in [-0.1, -0.05) is 13.0 Å². The molecule has 0 aliphatic carbocycles. The molecule has 0 aromatic carbocycles. The van der Waals surface area contributed by atoms with E-state index in [-0.39, 0.29) is 42.7 Å². The van der Waals surface area contributed by atoms with E-state index >= 15 is 0 Å². The summed E-state index contributed by atoms with van der Waals surface area (Å²) in [6.45, 7) is 6.37. The largest absolute Gasteiger partial charge is 0.357 e. The Bertz CT molecular complexity index is 447. The molecule has 0 saturated carbocycles. The van der Waals surface area contributed by atoms with Crippen molar-refractivity contribution in [2.45, 2.75) is 39.3 Å². The van der Waals surface area contributed by atoms with Gasteiger partial charge in [-0.2, -0.15) is 0 Å². The Labute approximate surface area is 144 Å². The number of nitrogens with zero attached hydrogens (tertiary/aromatic N) is 2. The maximum absolute atomic E-state index is 11.8. The minimum Gasteiger partial charge on any atom is -0.357 e. The molecule has 1 aromatic heterocycles. The Morgan fingerprint density at radius 2 is 1.95 bits per heavy atom.